The zero-order chi connectivity index (χ0) is 11.7. The van der Waals surface area contributed by atoms with Crippen molar-refractivity contribution in [2.24, 2.45) is 0 Å². The van der Waals surface area contributed by atoms with Crippen LogP contribution in [-0.2, 0) is 6.42 Å². The van der Waals surface area contributed by atoms with Crippen LogP contribution in [0.15, 0.2) is 17.8 Å². The molecule has 3 rings (SSSR count). The van der Waals surface area contributed by atoms with Crippen LogP contribution in [0.5, 0.6) is 0 Å². The second-order valence-electron chi connectivity index (χ2n) is 4.79. The Morgan fingerprint density at radius 2 is 2.35 bits per heavy atom. The summed E-state index contributed by atoms with van der Waals surface area (Å²) < 4.78 is 1.27. The van der Waals surface area contributed by atoms with E-state index in [1.54, 1.807) is 17.7 Å². The van der Waals surface area contributed by atoms with Crippen molar-refractivity contribution in [3.05, 3.63) is 23.5 Å². The van der Waals surface area contributed by atoms with Crippen LogP contribution in [0.4, 0.5) is 0 Å². The normalized spacial score (nSPS) is 22.1. The highest BCUT2D eigenvalue weighted by Gasteiger charge is 2.20. The summed E-state index contributed by atoms with van der Waals surface area (Å²) in [6.07, 6.45) is 6.76. The minimum atomic E-state index is 0.656. The molecule has 1 aliphatic rings. The lowest BCUT2D eigenvalue weighted by Gasteiger charge is -2.32. The zero-order valence-electron chi connectivity index (χ0n) is 10.1. The van der Waals surface area contributed by atoms with Gasteiger partial charge in [0.2, 0.25) is 0 Å². The number of aromatic nitrogens is 2. The standard InChI is InChI=1S/C13H17N3S/c1-16-6-3-2-4-10(16)8-12-13-11(5-7-17-13)14-9-15-12/h5,7,9-10H,2-4,6,8H2,1H3. The molecule has 4 heteroatoms. The van der Waals surface area contributed by atoms with Crippen LogP contribution in [0, 0.1) is 0 Å². The molecule has 0 radical (unpaired) electrons. The molecule has 0 aliphatic carbocycles. The number of rotatable bonds is 2. The number of nitrogens with zero attached hydrogens (tertiary/aromatic N) is 3. The summed E-state index contributed by atoms with van der Waals surface area (Å²) in [6, 6.07) is 2.74. The van der Waals surface area contributed by atoms with Crippen LogP contribution < -0.4 is 0 Å². The summed E-state index contributed by atoms with van der Waals surface area (Å²) in [5.74, 6) is 0. The Kier molecular flexibility index (Phi) is 3.07. The number of hydrogen-bond donors (Lipinski definition) is 0. The number of piperidine rings is 1. The molecule has 0 saturated carbocycles. The van der Waals surface area contributed by atoms with Gasteiger partial charge in [-0.15, -0.1) is 11.3 Å². The Hall–Kier alpha value is -1.000. The third kappa shape index (κ3) is 2.19. The number of fused-ring (bicyclic) bond motifs is 1. The maximum atomic E-state index is 4.48. The van der Waals surface area contributed by atoms with Crippen molar-refractivity contribution >= 4 is 21.6 Å². The zero-order valence-corrected chi connectivity index (χ0v) is 10.9. The van der Waals surface area contributed by atoms with E-state index in [0.29, 0.717) is 6.04 Å². The molecule has 1 fully saturated rings. The van der Waals surface area contributed by atoms with Gasteiger partial charge in [0.25, 0.3) is 0 Å². The lowest BCUT2D eigenvalue weighted by molar-refractivity contribution is 0.184. The van der Waals surface area contributed by atoms with E-state index < -0.39 is 0 Å². The van der Waals surface area contributed by atoms with Gasteiger partial charge in [-0.1, -0.05) is 6.42 Å². The van der Waals surface area contributed by atoms with Crippen molar-refractivity contribution in [1.82, 2.24) is 14.9 Å². The maximum absolute atomic E-state index is 4.48. The van der Waals surface area contributed by atoms with Gasteiger partial charge in [0.15, 0.2) is 0 Å². The van der Waals surface area contributed by atoms with Crippen molar-refractivity contribution in [3.63, 3.8) is 0 Å². The molecule has 0 bridgehead atoms. The minimum Gasteiger partial charge on any atom is -0.303 e. The highest BCUT2D eigenvalue weighted by atomic mass is 32.1. The van der Waals surface area contributed by atoms with Crippen LogP contribution in [0.2, 0.25) is 0 Å². The molecule has 1 unspecified atom stereocenters. The molecule has 2 aromatic rings. The molecule has 0 spiro atoms. The van der Waals surface area contributed by atoms with Gasteiger partial charge in [-0.25, -0.2) is 9.97 Å². The molecule has 0 aromatic carbocycles. The molecule has 90 valence electrons. The highest BCUT2D eigenvalue weighted by Crippen LogP contribution is 2.25. The van der Waals surface area contributed by atoms with E-state index in [2.05, 4.69) is 33.4 Å². The Morgan fingerprint density at radius 3 is 3.24 bits per heavy atom. The third-order valence-electron chi connectivity index (χ3n) is 3.67. The van der Waals surface area contributed by atoms with Crippen molar-refractivity contribution in [1.29, 1.82) is 0 Å². The van der Waals surface area contributed by atoms with Crippen LogP contribution in [-0.4, -0.2) is 34.5 Å². The fourth-order valence-corrected chi connectivity index (χ4v) is 3.46. The van der Waals surface area contributed by atoms with Crippen LogP contribution in [0.3, 0.4) is 0 Å². The van der Waals surface area contributed by atoms with E-state index in [1.807, 2.05) is 0 Å². The minimum absolute atomic E-state index is 0.656. The third-order valence-corrected chi connectivity index (χ3v) is 4.62. The summed E-state index contributed by atoms with van der Waals surface area (Å²) in [5, 5.41) is 2.10. The Morgan fingerprint density at radius 1 is 1.41 bits per heavy atom. The van der Waals surface area contributed by atoms with E-state index in [1.165, 1.54) is 36.2 Å². The van der Waals surface area contributed by atoms with Gasteiger partial charge in [-0.05, 0) is 37.9 Å². The summed E-state index contributed by atoms with van der Waals surface area (Å²) in [4.78, 5) is 11.3. The molecule has 1 saturated heterocycles. The molecule has 0 N–H and O–H groups in total. The SMILES string of the molecule is CN1CCCCC1Cc1ncnc2ccsc12. The number of hydrogen-bond acceptors (Lipinski definition) is 4. The van der Waals surface area contributed by atoms with Gasteiger partial charge in [0, 0.05) is 12.5 Å². The molecule has 3 heterocycles. The predicted molar refractivity (Wildman–Crippen MR) is 71.4 cm³/mol. The fourth-order valence-electron chi connectivity index (χ4n) is 2.61. The molecule has 2 aromatic heterocycles. The average molecular weight is 247 g/mol. The first-order valence-corrected chi connectivity index (χ1v) is 7.10. The second kappa shape index (κ2) is 4.70. The first-order valence-electron chi connectivity index (χ1n) is 6.22. The summed E-state index contributed by atoms with van der Waals surface area (Å²) >= 11 is 1.76. The highest BCUT2D eigenvalue weighted by molar-refractivity contribution is 7.17. The lowest BCUT2D eigenvalue weighted by atomic mass is 9.98. The fraction of sp³-hybridized carbons (Fsp3) is 0.538. The smallest absolute Gasteiger partial charge is 0.116 e. The molecule has 1 aliphatic heterocycles. The largest absolute Gasteiger partial charge is 0.303 e. The summed E-state index contributed by atoms with van der Waals surface area (Å²) in [5.41, 5.74) is 2.32. The van der Waals surface area contributed by atoms with Gasteiger partial charge in [0.05, 0.1) is 15.9 Å². The van der Waals surface area contributed by atoms with E-state index >= 15 is 0 Å². The van der Waals surface area contributed by atoms with Crippen LogP contribution >= 0.6 is 11.3 Å². The van der Waals surface area contributed by atoms with E-state index in [0.717, 1.165) is 11.9 Å². The number of thiophene rings is 1. The monoisotopic (exact) mass is 247 g/mol. The molecule has 3 nitrogen and oxygen atoms in total. The molecule has 1 atom stereocenters. The molecule has 17 heavy (non-hydrogen) atoms. The summed E-state index contributed by atoms with van der Waals surface area (Å²) in [7, 11) is 2.23. The van der Waals surface area contributed by atoms with Crippen molar-refractivity contribution in [2.45, 2.75) is 31.7 Å². The number of likely N-dealkylation sites (tertiary alicyclic amines) is 1. The van der Waals surface area contributed by atoms with Crippen LogP contribution in [0.1, 0.15) is 25.0 Å². The van der Waals surface area contributed by atoms with E-state index in [4.69, 9.17) is 0 Å². The Balaban J connectivity index is 1.86. The van der Waals surface area contributed by atoms with E-state index in [9.17, 15) is 0 Å². The quantitative estimate of drug-likeness (QED) is 0.817. The Labute approximate surface area is 106 Å². The lowest BCUT2D eigenvalue weighted by Crippen LogP contribution is -2.37. The van der Waals surface area contributed by atoms with Gasteiger partial charge in [-0.3, -0.25) is 0 Å². The van der Waals surface area contributed by atoms with Gasteiger partial charge in [0.1, 0.15) is 6.33 Å². The number of likely N-dealkylation sites (N-methyl/N-ethyl adjacent to an activating group) is 1. The summed E-state index contributed by atoms with van der Waals surface area (Å²) in [6.45, 7) is 1.23. The molecular formula is C13H17N3S. The van der Waals surface area contributed by atoms with E-state index in [-0.39, 0.29) is 0 Å². The van der Waals surface area contributed by atoms with Crippen LogP contribution in [0.25, 0.3) is 10.2 Å². The predicted octanol–water partition coefficient (Wildman–Crippen LogP) is 2.72. The van der Waals surface area contributed by atoms with Gasteiger partial charge < -0.3 is 4.90 Å². The van der Waals surface area contributed by atoms with Gasteiger partial charge >= 0.3 is 0 Å². The van der Waals surface area contributed by atoms with Crippen molar-refractivity contribution in [3.8, 4) is 0 Å². The van der Waals surface area contributed by atoms with Gasteiger partial charge in [-0.2, -0.15) is 0 Å². The second-order valence-corrected chi connectivity index (χ2v) is 5.71. The average Bonchev–Trinajstić information content (AvgIpc) is 2.81. The Bertz CT molecular complexity index is 508. The topological polar surface area (TPSA) is 29.0 Å². The van der Waals surface area contributed by atoms with Crippen molar-refractivity contribution in [2.75, 3.05) is 13.6 Å². The first-order chi connectivity index (χ1) is 8.34. The first kappa shape index (κ1) is 11.1. The molecule has 0 amide bonds. The van der Waals surface area contributed by atoms with Crippen molar-refractivity contribution < 1.29 is 0 Å². The maximum Gasteiger partial charge on any atom is 0.116 e. The molecular weight excluding hydrogens is 230 g/mol.